The van der Waals surface area contributed by atoms with Gasteiger partial charge in [0.15, 0.2) is 0 Å². The van der Waals surface area contributed by atoms with Gasteiger partial charge in [-0.2, -0.15) is 0 Å². The van der Waals surface area contributed by atoms with Crippen LogP contribution in [0, 0.1) is 10.1 Å². The molecule has 3 rings (SSSR count). The fourth-order valence-electron chi connectivity index (χ4n) is 2.75. The van der Waals surface area contributed by atoms with Gasteiger partial charge in [0.05, 0.1) is 22.6 Å². The van der Waals surface area contributed by atoms with Crippen molar-refractivity contribution in [3.05, 3.63) is 88.4 Å². The van der Waals surface area contributed by atoms with E-state index in [-0.39, 0.29) is 41.3 Å². The van der Waals surface area contributed by atoms with Crippen molar-refractivity contribution in [1.29, 1.82) is 0 Å². The van der Waals surface area contributed by atoms with E-state index in [9.17, 15) is 28.1 Å². The Morgan fingerprint density at radius 3 is 2.45 bits per heavy atom. The van der Waals surface area contributed by atoms with Crippen molar-refractivity contribution >= 4 is 33.2 Å². The smallest absolute Gasteiger partial charge is 0.269 e. The first-order valence-electron chi connectivity index (χ1n) is 9.69. The lowest BCUT2D eigenvalue weighted by Gasteiger charge is -2.09. The highest BCUT2D eigenvalue weighted by Gasteiger charge is 2.16. The summed E-state index contributed by atoms with van der Waals surface area (Å²) in [5.41, 5.74) is 0.370. The second-order valence-electron chi connectivity index (χ2n) is 6.79. The molecule has 0 bridgehead atoms. The molecule has 2 amide bonds. The van der Waals surface area contributed by atoms with Crippen LogP contribution < -0.4 is 15.4 Å². The lowest BCUT2D eigenvalue weighted by molar-refractivity contribution is -0.384. The number of hydrogen-bond acceptors (Lipinski definition) is 7. The molecule has 0 unspecified atom stereocenters. The van der Waals surface area contributed by atoms with Crippen molar-refractivity contribution in [1.82, 2.24) is 10.0 Å². The third kappa shape index (κ3) is 6.72. The molecular weight excluding hydrogens is 452 g/mol. The number of anilines is 1. The SMILES string of the molecule is O=C(CCNC(=O)c1ccc([N+](=O)[O-])cc1)Nc1cccc(S(=O)(=O)NCc2ccco2)c1. The number of nitro groups is 1. The molecule has 0 saturated heterocycles. The van der Waals surface area contributed by atoms with E-state index in [0.717, 1.165) is 0 Å². The van der Waals surface area contributed by atoms with E-state index in [4.69, 9.17) is 4.42 Å². The lowest BCUT2D eigenvalue weighted by atomic mass is 10.2. The first-order chi connectivity index (χ1) is 15.7. The molecule has 3 N–H and O–H groups in total. The minimum absolute atomic E-state index is 0.0135. The zero-order valence-corrected chi connectivity index (χ0v) is 18.0. The maximum atomic E-state index is 12.5. The molecule has 12 heteroatoms. The predicted molar refractivity (Wildman–Crippen MR) is 118 cm³/mol. The van der Waals surface area contributed by atoms with Gasteiger partial charge in [0.2, 0.25) is 15.9 Å². The molecule has 0 spiro atoms. The molecule has 0 aliphatic carbocycles. The van der Waals surface area contributed by atoms with Gasteiger partial charge in [0.1, 0.15) is 5.76 Å². The Kier molecular flexibility index (Phi) is 7.53. The minimum atomic E-state index is -3.82. The molecule has 172 valence electrons. The van der Waals surface area contributed by atoms with Crippen LogP contribution in [0.2, 0.25) is 0 Å². The summed E-state index contributed by atoms with van der Waals surface area (Å²) in [6.07, 6.45) is 1.38. The zero-order valence-electron chi connectivity index (χ0n) is 17.2. The number of nitrogens with zero attached hydrogens (tertiary/aromatic N) is 1. The van der Waals surface area contributed by atoms with Crippen LogP contribution in [0.1, 0.15) is 22.5 Å². The van der Waals surface area contributed by atoms with E-state index < -0.39 is 26.8 Å². The van der Waals surface area contributed by atoms with Gasteiger partial charge >= 0.3 is 0 Å². The first-order valence-corrected chi connectivity index (χ1v) is 11.2. The Morgan fingerprint density at radius 2 is 1.79 bits per heavy atom. The Labute approximate surface area is 189 Å². The molecule has 0 atom stereocenters. The topological polar surface area (TPSA) is 161 Å². The van der Waals surface area contributed by atoms with E-state index in [2.05, 4.69) is 15.4 Å². The molecule has 0 radical (unpaired) electrons. The first kappa shape index (κ1) is 23.6. The summed E-state index contributed by atoms with van der Waals surface area (Å²) in [6.45, 7) is 0.00469. The Hall–Kier alpha value is -4.03. The summed E-state index contributed by atoms with van der Waals surface area (Å²) in [5.74, 6) is -0.454. The third-order valence-corrected chi connectivity index (χ3v) is 5.82. The molecule has 11 nitrogen and oxygen atoms in total. The Balaban J connectivity index is 1.50. The summed E-state index contributed by atoms with van der Waals surface area (Å²) in [4.78, 5) is 34.3. The fourth-order valence-corrected chi connectivity index (χ4v) is 3.79. The van der Waals surface area contributed by atoms with Gasteiger partial charge in [-0.3, -0.25) is 19.7 Å². The highest BCUT2D eigenvalue weighted by Crippen LogP contribution is 2.16. The third-order valence-electron chi connectivity index (χ3n) is 4.42. The molecule has 33 heavy (non-hydrogen) atoms. The van der Waals surface area contributed by atoms with Crippen molar-refractivity contribution in [2.75, 3.05) is 11.9 Å². The average molecular weight is 472 g/mol. The number of carbonyl (C=O) groups is 2. The molecule has 1 heterocycles. The van der Waals surface area contributed by atoms with Crippen LogP contribution in [0.5, 0.6) is 0 Å². The largest absolute Gasteiger partial charge is 0.468 e. The Bertz CT molecular complexity index is 1240. The number of nitro benzene ring substituents is 1. The fraction of sp³-hybridized carbons (Fsp3) is 0.143. The van der Waals surface area contributed by atoms with Gasteiger partial charge in [-0.05, 0) is 42.5 Å². The van der Waals surface area contributed by atoms with Crippen molar-refractivity contribution in [3.8, 4) is 0 Å². The van der Waals surface area contributed by atoms with Crippen LogP contribution in [0.4, 0.5) is 11.4 Å². The van der Waals surface area contributed by atoms with Crippen LogP contribution in [0.25, 0.3) is 0 Å². The molecular formula is C21H20N4O7S. The summed E-state index contributed by atoms with van der Waals surface area (Å²) in [5, 5.41) is 15.8. The lowest BCUT2D eigenvalue weighted by Crippen LogP contribution is -2.27. The van der Waals surface area contributed by atoms with Crippen LogP contribution in [-0.2, 0) is 21.4 Å². The summed E-state index contributed by atoms with van der Waals surface area (Å²) in [6, 6.07) is 14.1. The van der Waals surface area contributed by atoms with Gasteiger partial charge in [-0.15, -0.1) is 0 Å². The summed E-state index contributed by atoms with van der Waals surface area (Å²) >= 11 is 0. The van der Waals surface area contributed by atoms with Gasteiger partial charge in [0.25, 0.3) is 11.6 Å². The molecule has 1 aromatic heterocycles. The van der Waals surface area contributed by atoms with E-state index in [0.29, 0.717) is 5.76 Å². The number of carbonyl (C=O) groups excluding carboxylic acids is 2. The van der Waals surface area contributed by atoms with Crippen molar-refractivity contribution in [3.63, 3.8) is 0 Å². The van der Waals surface area contributed by atoms with Gasteiger partial charge in [-0.1, -0.05) is 6.07 Å². The molecule has 3 aromatic rings. The van der Waals surface area contributed by atoms with Crippen molar-refractivity contribution in [2.24, 2.45) is 0 Å². The van der Waals surface area contributed by atoms with Crippen LogP contribution in [-0.4, -0.2) is 31.7 Å². The molecule has 0 aliphatic heterocycles. The van der Waals surface area contributed by atoms with Crippen LogP contribution in [0.15, 0.2) is 76.2 Å². The van der Waals surface area contributed by atoms with E-state index >= 15 is 0 Å². The van der Waals surface area contributed by atoms with Crippen molar-refractivity contribution < 1.29 is 27.3 Å². The number of non-ortho nitro benzene ring substituents is 1. The molecule has 0 fully saturated rings. The van der Waals surface area contributed by atoms with Crippen molar-refractivity contribution in [2.45, 2.75) is 17.9 Å². The van der Waals surface area contributed by atoms with E-state index in [1.54, 1.807) is 18.2 Å². The quantitative estimate of drug-likeness (QED) is 0.302. The molecule has 0 saturated carbocycles. The predicted octanol–water partition coefficient (Wildman–Crippen LogP) is 2.42. The normalized spacial score (nSPS) is 11.0. The van der Waals surface area contributed by atoms with E-state index in [1.807, 2.05) is 0 Å². The van der Waals surface area contributed by atoms with Gasteiger partial charge < -0.3 is 15.1 Å². The molecule has 2 aromatic carbocycles. The maximum Gasteiger partial charge on any atom is 0.269 e. The number of hydrogen-bond donors (Lipinski definition) is 3. The summed E-state index contributed by atoms with van der Waals surface area (Å²) < 4.78 is 32.4. The average Bonchev–Trinajstić information content (AvgIpc) is 3.32. The molecule has 0 aliphatic rings. The number of sulfonamides is 1. The number of amides is 2. The minimum Gasteiger partial charge on any atom is -0.468 e. The number of rotatable bonds is 10. The number of benzene rings is 2. The second kappa shape index (κ2) is 10.5. The number of furan rings is 1. The standard InChI is InChI=1S/C21H20N4O7S/c26-20(10-11-22-21(27)15-6-8-17(9-7-15)25(28)29)24-16-3-1-5-19(13-16)33(30,31)23-14-18-4-2-12-32-18/h1-9,12-13,23H,10-11,14H2,(H,22,27)(H,24,26). The zero-order chi connectivity index (χ0) is 23.8. The van der Waals surface area contributed by atoms with Crippen LogP contribution >= 0.6 is 0 Å². The monoisotopic (exact) mass is 472 g/mol. The van der Waals surface area contributed by atoms with E-state index in [1.165, 1.54) is 48.7 Å². The van der Waals surface area contributed by atoms with Gasteiger partial charge in [-0.25, -0.2) is 13.1 Å². The number of nitrogens with one attached hydrogen (secondary N) is 3. The second-order valence-corrected chi connectivity index (χ2v) is 8.56. The highest BCUT2D eigenvalue weighted by atomic mass is 32.2. The Morgan fingerprint density at radius 1 is 1.03 bits per heavy atom. The highest BCUT2D eigenvalue weighted by molar-refractivity contribution is 7.89. The maximum absolute atomic E-state index is 12.5. The van der Waals surface area contributed by atoms with Crippen LogP contribution in [0.3, 0.4) is 0 Å². The summed E-state index contributed by atoms with van der Waals surface area (Å²) in [7, 11) is -3.82. The van der Waals surface area contributed by atoms with Gasteiger partial charge in [0, 0.05) is 36.3 Å².